The molecule has 0 atom stereocenters. The van der Waals surface area contributed by atoms with E-state index < -0.39 is 0 Å². The van der Waals surface area contributed by atoms with Crippen molar-refractivity contribution in [2.24, 2.45) is 15.8 Å². The van der Waals surface area contributed by atoms with Gasteiger partial charge in [0.1, 0.15) is 5.82 Å². The third-order valence-corrected chi connectivity index (χ3v) is 5.13. The van der Waals surface area contributed by atoms with E-state index in [4.69, 9.17) is 4.99 Å². The zero-order chi connectivity index (χ0) is 22.6. The Labute approximate surface area is 195 Å². The van der Waals surface area contributed by atoms with E-state index >= 15 is 0 Å². The van der Waals surface area contributed by atoms with Crippen molar-refractivity contribution in [2.75, 3.05) is 0 Å². The third kappa shape index (κ3) is 7.47. The molecular formula is C29H41N3. The molecule has 0 saturated heterocycles. The number of aromatic nitrogens is 2. The quantitative estimate of drug-likeness (QED) is 0.444. The number of nitrogens with one attached hydrogen (secondary N) is 1. The highest BCUT2D eigenvalue weighted by atomic mass is 14.9. The summed E-state index contributed by atoms with van der Waals surface area (Å²) in [6.45, 7) is 15.6. The predicted octanol–water partition coefficient (Wildman–Crippen LogP) is 8.36. The minimum atomic E-state index is 0. The summed E-state index contributed by atoms with van der Waals surface area (Å²) in [6, 6.07) is 16.8. The van der Waals surface area contributed by atoms with Crippen LogP contribution in [0.25, 0.3) is 11.3 Å². The molecule has 32 heavy (non-hydrogen) atoms. The molecular weight excluding hydrogens is 390 g/mol. The van der Waals surface area contributed by atoms with E-state index in [2.05, 4.69) is 88.8 Å². The summed E-state index contributed by atoms with van der Waals surface area (Å²) in [7, 11) is 0. The summed E-state index contributed by atoms with van der Waals surface area (Å²) in [5.41, 5.74) is 8.16. The molecule has 3 aromatic rings. The maximum absolute atomic E-state index is 4.75. The highest BCUT2D eigenvalue weighted by Crippen LogP contribution is 2.33. The molecule has 3 nitrogen and oxygen atoms in total. The van der Waals surface area contributed by atoms with Gasteiger partial charge in [0.15, 0.2) is 0 Å². The summed E-state index contributed by atoms with van der Waals surface area (Å²) in [6.07, 6.45) is 5.03. The molecule has 0 saturated carbocycles. The van der Waals surface area contributed by atoms with Gasteiger partial charge in [-0.2, -0.15) is 0 Å². The molecule has 0 bridgehead atoms. The maximum atomic E-state index is 4.75. The van der Waals surface area contributed by atoms with Gasteiger partial charge in [0.2, 0.25) is 0 Å². The number of benzene rings is 2. The fourth-order valence-electron chi connectivity index (χ4n) is 3.87. The van der Waals surface area contributed by atoms with Gasteiger partial charge in [-0.25, -0.2) is 4.98 Å². The molecule has 0 radical (unpaired) electrons. The number of para-hydroxylation sites is 1. The fraction of sp³-hybridized carbons (Fsp3) is 0.448. The molecule has 0 aliphatic carbocycles. The van der Waals surface area contributed by atoms with E-state index in [1.165, 1.54) is 28.1 Å². The lowest BCUT2D eigenvalue weighted by Gasteiger charge is -2.17. The lowest BCUT2D eigenvalue weighted by Crippen LogP contribution is -2.12. The molecule has 172 valence electrons. The van der Waals surface area contributed by atoms with Gasteiger partial charge in [0.05, 0.1) is 17.6 Å². The highest BCUT2D eigenvalue weighted by molar-refractivity contribution is 5.94. The standard InChI is InChI=1S/C14H18N2.C14H19N.CH4/c1-14(2,3)9-13-15-10-12(16-13)11-7-5-4-6-8-11;1-10-6-5-7-11-8-12(15-13(10)11)9-14(2,3)4;/h4-8,10H,9H2,1-3H3,(H,15,16);5-7H,8-9H2,1-4H3;1H4. The van der Waals surface area contributed by atoms with Crippen LogP contribution >= 0.6 is 0 Å². The normalized spacial score (nSPS) is 12.9. The number of aliphatic imine (C=N–C) groups is 1. The van der Waals surface area contributed by atoms with Crippen LogP contribution in [0, 0.1) is 17.8 Å². The van der Waals surface area contributed by atoms with E-state index in [0.717, 1.165) is 30.8 Å². The van der Waals surface area contributed by atoms with Crippen molar-refractivity contribution < 1.29 is 0 Å². The SMILES string of the molecule is C.CC(C)(C)Cc1ncc(-c2ccccc2)[nH]1.Cc1cccc2c1N=C(CC(C)(C)C)C2. The molecule has 1 aliphatic rings. The minimum Gasteiger partial charge on any atom is -0.342 e. The molecule has 0 amide bonds. The van der Waals surface area contributed by atoms with Crippen molar-refractivity contribution in [2.45, 2.75) is 75.2 Å². The van der Waals surface area contributed by atoms with Crippen molar-refractivity contribution in [3.63, 3.8) is 0 Å². The number of rotatable bonds is 3. The Hall–Kier alpha value is -2.68. The Morgan fingerprint density at radius 1 is 0.844 bits per heavy atom. The monoisotopic (exact) mass is 431 g/mol. The average Bonchev–Trinajstić information content (AvgIpc) is 3.27. The zero-order valence-corrected chi connectivity index (χ0v) is 20.2. The van der Waals surface area contributed by atoms with Crippen LogP contribution in [-0.4, -0.2) is 15.7 Å². The maximum Gasteiger partial charge on any atom is 0.107 e. The number of hydrogen-bond donors (Lipinski definition) is 1. The van der Waals surface area contributed by atoms with E-state index in [9.17, 15) is 0 Å². The molecule has 2 aromatic carbocycles. The Bertz CT molecular complexity index is 1030. The number of imidazole rings is 1. The summed E-state index contributed by atoms with van der Waals surface area (Å²) < 4.78 is 0. The lowest BCUT2D eigenvalue weighted by molar-refractivity contribution is 0.402. The van der Waals surface area contributed by atoms with Crippen LogP contribution in [-0.2, 0) is 12.8 Å². The number of aryl methyl sites for hydroxylation is 1. The van der Waals surface area contributed by atoms with Crippen molar-refractivity contribution in [3.8, 4) is 11.3 Å². The van der Waals surface area contributed by atoms with Gasteiger partial charge in [-0.15, -0.1) is 0 Å². The Kier molecular flexibility index (Phi) is 8.23. The second kappa shape index (κ2) is 10.3. The molecule has 3 heteroatoms. The molecule has 4 rings (SSSR count). The average molecular weight is 432 g/mol. The Balaban J connectivity index is 0.000000220. The predicted molar refractivity (Wildman–Crippen MR) is 140 cm³/mol. The zero-order valence-electron chi connectivity index (χ0n) is 20.2. The smallest absolute Gasteiger partial charge is 0.107 e. The van der Waals surface area contributed by atoms with Gasteiger partial charge in [-0.05, 0) is 40.9 Å². The van der Waals surface area contributed by atoms with Crippen LogP contribution in [0.5, 0.6) is 0 Å². The van der Waals surface area contributed by atoms with Crippen LogP contribution in [0.2, 0.25) is 0 Å². The highest BCUT2D eigenvalue weighted by Gasteiger charge is 2.20. The molecule has 0 fully saturated rings. The Morgan fingerprint density at radius 3 is 2.09 bits per heavy atom. The molecule has 1 aromatic heterocycles. The molecule has 2 heterocycles. The molecule has 1 aliphatic heterocycles. The van der Waals surface area contributed by atoms with E-state index in [1.807, 2.05) is 24.4 Å². The topological polar surface area (TPSA) is 41.0 Å². The molecule has 0 unspecified atom stereocenters. The number of aromatic amines is 1. The van der Waals surface area contributed by atoms with Crippen molar-refractivity contribution >= 4 is 11.4 Å². The summed E-state index contributed by atoms with van der Waals surface area (Å²) in [4.78, 5) is 12.6. The van der Waals surface area contributed by atoms with Crippen molar-refractivity contribution in [1.82, 2.24) is 9.97 Å². The first-order valence-corrected chi connectivity index (χ1v) is 11.2. The van der Waals surface area contributed by atoms with Crippen LogP contribution < -0.4 is 0 Å². The molecule has 1 N–H and O–H groups in total. The van der Waals surface area contributed by atoms with Crippen molar-refractivity contribution in [3.05, 3.63) is 71.7 Å². The first-order chi connectivity index (χ1) is 14.5. The van der Waals surface area contributed by atoms with Gasteiger partial charge >= 0.3 is 0 Å². The summed E-state index contributed by atoms with van der Waals surface area (Å²) >= 11 is 0. The number of nitrogens with zero attached hydrogens (tertiary/aromatic N) is 2. The summed E-state index contributed by atoms with van der Waals surface area (Å²) in [5.74, 6) is 1.06. The van der Waals surface area contributed by atoms with Gasteiger partial charge in [-0.1, -0.05) is 97.5 Å². The van der Waals surface area contributed by atoms with E-state index in [1.54, 1.807) is 0 Å². The van der Waals surface area contributed by atoms with E-state index in [0.29, 0.717) is 5.41 Å². The largest absolute Gasteiger partial charge is 0.342 e. The number of H-pyrrole nitrogens is 1. The minimum absolute atomic E-state index is 0. The van der Waals surface area contributed by atoms with Gasteiger partial charge < -0.3 is 4.98 Å². The first-order valence-electron chi connectivity index (χ1n) is 11.2. The van der Waals surface area contributed by atoms with Crippen molar-refractivity contribution in [1.29, 1.82) is 0 Å². The summed E-state index contributed by atoms with van der Waals surface area (Å²) in [5, 5.41) is 0. The first kappa shape index (κ1) is 25.6. The van der Waals surface area contributed by atoms with Gasteiger partial charge in [0.25, 0.3) is 0 Å². The third-order valence-electron chi connectivity index (χ3n) is 5.13. The second-order valence-corrected chi connectivity index (χ2v) is 11.0. The van der Waals surface area contributed by atoms with Crippen LogP contribution in [0.4, 0.5) is 5.69 Å². The lowest BCUT2D eigenvalue weighted by atomic mass is 9.88. The number of hydrogen-bond acceptors (Lipinski definition) is 2. The number of fused-ring (bicyclic) bond motifs is 1. The molecule has 0 spiro atoms. The van der Waals surface area contributed by atoms with Crippen LogP contribution in [0.3, 0.4) is 0 Å². The van der Waals surface area contributed by atoms with Crippen LogP contribution in [0.15, 0.2) is 59.7 Å². The Morgan fingerprint density at radius 2 is 1.50 bits per heavy atom. The fourth-order valence-corrected chi connectivity index (χ4v) is 3.87. The van der Waals surface area contributed by atoms with Gasteiger partial charge in [0, 0.05) is 18.6 Å². The van der Waals surface area contributed by atoms with Crippen LogP contribution in [0.1, 0.15) is 72.3 Å². The van der Waals surface area contributed by atoms with Gasteiger partial charge in [-0.3, -0.25) is 4.99 Å². The second-order valence-electron chi connectivity index (χ2n) is 11.0. The van der Waals surface area contributed by atoms with E-state index in [-0.39, 0.29) is 12.8 Å².